The Morgan fingerprint density at radius 3 is 2.48 bits per heavy atom. The number of aromatic nitrogens is 1. The molecule has 0 saturated heterocycles. The third-order valence-electron chi connectivity index (χ3n) is 4.56. The highest BCUT2D eigenvalue weighted by molar-refractivity contribution is 7.17. The van der Waals surface area contributed by atoms with E-state index in [1.165, 1.54) is 12.1 Å². The van der Waals surface area contributed by atoms with Crippen LogP contribution in [0.2, 0.25) is 0 Å². The van der Waals surface area contributed by atoms with Gasteiger partial charge in [-0.15, -0.1) is 11.3 Å². The normalized spacial score (nSPS) is 14.3. The van der Waals surface area contributed by atoms with Crippen LogP contribution in [-0.2, 0) is 9.53 Å². The molecule has 7 heteroatoms. The minimum atomic E-state index is -1.03. The van der Waals surface area contributed by atoms with Gasteiger partial charge in [-0.2, -0.15) is 0 Å². The predicted octanol–water partition coefficient (Wildman–Crippen LogP) is 4.43. The van der Waals surface area contributed by atoms with E-state index in [1.54, 1.807) is 43.3 Å². The van der Waals surface area contributed by atoms with Crippen LogP contribution in [0, 0.1) is 12.7 Å². The Morgan fingerprint density at radius 1 is 1.14 bits per heavy atom. The Balaban J connectivity index is 1.57. The largest absolute Gasteiger partial charge is 0.443 e. The SMILES string of the molecule is Cc1nc(-c2ccc(F)cc2)sc1C(=O)O[C@@H](C(=O)NC1CC1)c1ccccc1. The Hall–Kier alpha value is -3.06. The molecule has 1 saturated carbocycles. The van der Waals surface area contributed by atoms with Gasteiger partial charge < -0.3 is 10.1 Å². The fraction of sp³-hybridized carbons (Fsp3) is 0.227. The van der Waals surface area contributed by atoms with Crippen LogP contribution in [0.5, 0.6) is 0 Å². The summed E-state index contributed by atoms with van der Waals surface area (Å²) in [6.45, 7) is 1.71. The zero-order valence-corrected chi connectivity index (χ0v) is 16.5. The molecule has 2 aromatic carbocycles. The number of halogens is 1. The number of nitrogens with one attached hydrogen (secondary N) is 1. The molecule has 1 aliphatic rings. The van der Waals surface area contributed by atoms with E-state index >= 15 is 0 Å². The van der Waals surface area contributed by atoms with E-state index in [4.69, 9.17) is 4.74 Å². The van der Waals surface area contributed by atoms with Crippen molar-refractivity contribution in [3.8, 4) is 10.6 Å². The molecule has 4 rings (SSSR count). The van der Waals surface area contributed by atoms with Crippen molar-refractivity contribution in [3.63, 3.8) is 0 Å². The highest BCUT2D eigenvalue weighted by Gasteiger charge is 2.32. The molecule has 1 aromatic heterocycles. The highest BCUT2D eigenvalue weighted by atomic mass is 32.1. The van der Waals surface area contributed by atoms with Crippen molar-refractivity contribution in [2.75, 3.05) is 0 Å². The van der Waals surface area contributed by atoms with Crippen molar-refractivity contribution >= 4 is 23.2 Å². The van der Waals surface area contributed by atoms with Gasteiger partial charge in [-0.25, -0.2) is 14.2 Å². The third-order valence-corrected chi connectivity index (χ3v) is 5.75. The average Bonchev–Trinajstić information content (AvgIpc) is 3.45. The number of aryl methyl sites for hydroxylation is 1. The Morgan fingerprint density at radius 2 is 1.83 bits per heavy atom. The van der Waals surface area contributed by atoms with Gasteiger partial charge in [0.25, 0.3) is 5.91 Å². The summed E-state index contributed by atoms with van der Waals surface area (Å²) < 4.78 is 18.8. The molecule has 148 valence electrons. The van der Waals surface area contributed by atoms with E-state index in [0.717, 1.165) is 24.2 Å². The van der Waals surface area contributed by atoms with Crippen LogP contribution in [0.15, 0.2) is 54.6 Å². The van der Waals surface area contributed by atoms with Crippen LogP contribution < -0.4 is 5.32 Å². The zero-order valence-electron chi connectivity index (χ0n) is 15.7. The van der Waals surface area contributed by atoms with Gasteiger partial charge in [-0.3, -0.25) is 4.79 Å². The number of amides is 1. The van der Waals surface area contributed by atoms with Crippen LogP contribution in [0.25, 0.3) is 10.6 Å². The summed E-state index contributed by atoms with van der Waals surface area (Å²) in [5, 5.41) is 3.49. The summed E-state index contributed by atoms with van der Waals surface area (Å²) in [4.78, 5) is 30.3. The maximum atomic E-state index is 13.2. The monoisotopic (exact) mass is 410 g/mol. The molecule has 0 bridgehead atoms. The number of nitrogens with zero attached hydrogens (tertiary/aromatic N) is 1. The molecular formula is C22H19FN2O3S. The standard InChI is InChI=1S/C22H19FN2O3S/c1-13-19(29-21(24-13)15-7-9-16(23)10-8-15)22(27)28-18(14-5-3-2-4-6-14)20(26)25-17-11-12-17/h2-10,17-18H,11-12H2,1H3,(H,25,26)/t18-/m1/s1. The van der Waals surface area contributed by atoms with Crippen molar-refractivity contribution in [1.29, 1.82) is 0 Å². The van der Waals surface area contributed by atoms with Crippen LogP contribution in [0.4, 0.5) is 4.39 Å². The van der Waals surface area contributed by atoms with Gasteiger partial charge in [0, 0.05) is 17.2 Å². The highest BCUT2D eigenvalue weighted by Crippen LogP contribution is 2.30. The molecule has 0 unspecified atom stereocenters. The number of hydrogen-bond acceptors (Lipinski definition) is 5. The van der Waals surface area contributed by atoms with E-state index in [9.17, 15) is 14.0 Å². The number of ether oxygens (including phenoxy) is 1. The van der Waals surface area contributed by atoms with Crippen molar-refractivity contribution in [2.45, 2.75) is 31.9 Å². The third kappa shape index (κ3) is 4.51. The van der Waals surface area contributed by atoms with E-state index in [1.807, 2.05) is 6.07 Å². The number of carbonyl (C=O) groups excluding carboxylic acids is 2. The van der Waals surface area contributed by atoms with Gasteiger partial charge in [-0.05, 0) is 44.0 Å². The quantitative estimate of drug-likeness (QED) is 0.610. The van der Waals surface area contributed by atoms with Gasteiger partial charge >= 0.3 is 5.97 Å². The maximum absolute atomic E-state index is 13.2. The second-order valence-electron chi connectivity index (χ2n) is 6.92. The summed E-state index contributed by atoms with van der Waals surface area (Å²) in [6.07, 6.45) is 0.854. The molecule has 5 nitrogen and oxygen atoms in total. The van der Waals surface area contributed by atoms with Crippen molar-refractivity contribution < 1.29 is 18.7 Å². The zero-order chi connectivity index (χ0) is 20.4. The molecule has 1 amide bonds. The van der Waals surface area contributed by atoms with Crippen LogP contribution in [0.3, 0.4) is 0 Å². The molecule has 1 atom stereocenters. The lowest BCUT2D eigenvalue weighted by Crippen LogP contribution is -2.33. The fourth-order valence-electron chi connectivity index (χ4n) is 2.87. The second kappa shape index (κ2) is 8.13. The summed E-state index contributed by atoms with van der Waals surface area (Å²) >= 11 is 1.16. The van der Waals surface area contributed by atoms with Gasteiger partial charge in [0.05, 0.1) is 5.69 Å². The van der Waals surface area contributed by atoms with Crippen molar-refractivity contribution in [3.05, 3.63) is 76.5 Å². The predicted molar refractivity (Wildman–Crippen MR) is 108 cm³/mol. The molecular weight excluding hydrogens is 391 g/mol. The van der Waals surface area contributed by atoms with E-state index in [-0.39, 0.29) is 17.8 Å². The van der Waals surface area contributed by atoms with E-state index in [2.05, 4.69) is 10.3 Å². The number of thiazole rings is 1. The minimum absolute atomic E-state index is 0.155. The second-order valence-corrected chi connectivity index (χ2v) is 7.92. The average molecular weight is 410 g/mol. The lowest BCUT2D eigenvalue weighted by atomic mass is 10.1. The van der Waals surface area contributed by atoms with E-state index < -0.39 is 12.1 Å². The number of hydrogen-bond donors (Lipinski definition) is 1. The van der Waals surface area contributed by atoms with Gasteiger partial charge in [0.1, 0.15) is 15.7 Å². The Labute approximate surface area is 171 Å². The number of benzene rings is 2. The molecule has 1 heterocycles. The summed E-state index contributed by atoms with van der Waals surface area (Å²) in [5.41, 5.74) is 1.83. The fourth-order valence-corrected chi connectivity index (χ4v) is 3.82. The summed E-state index contributed by atoms with van der Waals surface area (Å²) in [5.74, 6) is -1.27. The molecule has 29 heavy (non-hydrogen) atoms. The Bertz CT molecular complexity index is 1030. The smallest absolute Gasteiger partial charge is 0.351 e. The van der Waals surface area contributed by atoms with Crippen molar-refractivity contribution in [1.82, 2.24) is 10.3 Å². The topological polar surface area (TPSA) is 68.3 Å². The first-order valence-corrected chi connectivity index (χ1v) is 10.1. The van der Waals surface area contributed by atoms with Gasteiger partial charge in [-0.1, -0.05) is 30.3 Å². The molecule has 3 aromatic rings. The van der Waals surface area contributed by atoms with Gasteiger partial charge in [0.15, 0.2) is 0 Å². The molecule has 0 radical (unpaired) electrons. The first kappa shape index (κ1) is 19.3. The number of rotatable bonds is 6. The van der Waals surface area contributed by atoms with Gasteiger partial charge in [0.2, 0.25) is 6.10 Å². The molecule has 0 aliphatic heterocycles. The van der Waals surface area contributed by atoms with Crippen LogP contribution >= 0.6 is 11.3 Å². The molecule has 1 N–H and O–H groups in total. The lowest BCUT2D eigenvalue weighted by Gasteiger charge is -2.17. The molecule has 1 fully saturated rings. The number of carbonyl (C=O) groups is 2. The first-order chi connectivity index (χ1) is 14.0. The van der Waals surface area contributed by atoms with E-state index in [0.29, 0.717) is 26.7 Å². The lowest BCUT2D eigenvalue weighted by molar-refractivity contribution is -0.130. The number of esters is 1. The maximum Gasteiger partial charge on any atom is 0.351 e. The van der Waals surface area contributed by atoms with Crippen LogP contribution in [0.1, 0.15) is 39.9 Å². The Kier molecular flexibility index (Phi) is 5.40. The molecule has 0 spiro atoms. The summed E-state index contributed by atoms with van der Waals surface area (Å²) in [7, 11) is 0. The summed E-state index contributed by atoms with van der Waals surface area (Å²) in [6, 6.07) is 15.0. The molecule has 1 aliphatic carbocycles. The minimum Gasteiger partial charge on any atom is -0.443 e. The van der Waals surface area contributed by atoms with Crippen molar-refractivity contribution in [2.24, 2.45) is 0 Å². The van der Waals surface area contributed by atoms with Crippen LogP contribution in [-0.4, -0.2) is 22.9 Å². The first-order valence-electron chi connectivity index (χ1n) is 9.31.